The lowest BCUT2D eigenvalue weighted by Gasteiger charge is -2.26. The molecule has 0 aliphatic carbocycles. The molecule has 100 valence electrons. The van der Waals surface area contributed by atoms with Gasteiger partial charge in [-0.2, -0.15) is 13.2 Å². The van der Waals surface area contributed by atoms with Crippen LogP contribution in [0.1, 0.15) is 6.42 Å². The van der Waals surface area contributed by atoms with Gasteiger partial charge in [-0.05, 0) is 6.08 Å². The summed E-state index contributed by atoms with van der Waals surface area (Å²) in [5, 5.41) is 4.69. The molecule has 0 unspecified atom stereocenters. The van der Waals surface area contributed by atoms with Crippen molar-refractivity contribution in [3.8, 4) is 0 Å². The number of alkyl halides is 3. The Labute approximate surface area is 101 Å². The largest absolute Gasteiger partial charge is 0.390 e. The molecule has 0 spiro atoms. The average molecular weight is 263 g/mol. The zero-order valence-corrected chi connectivity index (χ0v) is 9.33. The van der Waals surface area contributed by atoms with Crippen LogP contribution in [0.25, 0.3) is 0 Å². The number of carbonyl (C=O) groups is 2. The van der Waals surface area contributed by atoms with E-state index in [-0.39, 0.29) is 13.1 Å². The fourth-order valence-corrected chi connectivity index (χ4v) is 1.46. The Balaban J connectivity index is 2.67. The highest BCUT2D eigenvalue weighted by molar-refractivity contribution is 5.55. The molecule has 1 aliphatic rings. The lowest BCUT2D eigenvalue weighted by atomic mass is 10.2. The van der Waals surface area contributed by atoms with Gasteiger partial charge >= 0.3 is 6.18 Å². The van der Waals surface area contributed by atoms with Gasteiger partial charge in [0.1, 0.15) is 0 Å². The third-order valence-corrected chi connectivity index (χ3v) is 2.18. The fraction of sp³-hybridized carbons (Fsp3) is 0.400. The molecule has 0 atom stereocenters. The quantitative estimate of drug-likeness (QED) is 0.685. The summed E-state index contributed by atoms with van der Waals surface area (Å²) >= 11 is 0. The number of nitrogens with one attached hydrogen (secondary N) is 2. The van der Waals surface area contributed by atoms with Gasteiger partial charge in [0.25, 0.3) is 0 Å². The molecule has 18 heavy (non-hydrogen) atoms. The number of nitrogens with zero attached hydrogens (tertiary/aromatic N) is 1. The van der Waals surface area contributed by atoms with E-state index in [1.54, 1.807) is 0 Å². The Morgan fingerprint density at radius 3 is 2.50 bits per heavy atom. The van der Waals surface area contributed by atoms with Crippen LogP contribution in [0, 0.1) is 0 Å². The van der Waals surface area contributed by atoms with E-state index < -0.39 is 12.6 Å². The van der Waals surface area contributed by atoms with Crippen LogP contribution in [-0.4, -0.2) is 37.0 Å². The topological polar surface area (TPSA) is 61.4 Å². The fourth-order valence-electron chi connectivity index (χ4n) is 1.46. The lowest BCUT2D eigenvalue weighted by molar-refractivity contribution is -0.136. The van der Waals surface area contributed by atoms with Crippen molar-refractivity contribution in [1.29, 1.82) is 0 Å². The zero-order valence-electron chi connectivity index (χ0n) is 9.33. The molecule has 8 heteroatoms. The summed E-state index contributed by atoms with van der Waals surface area (Å²) in [6.45, 7) is -0.0930. The van der Waals surface area contributed by atoms with Gasteiger partial charge in [0.2, 0.25) is 12.8 Å². The third-order valence-electron chi connectivity index (χ3n) is 2.18. The summed E-state index contributed by atoms with van der Waals surface area (Å²) < 4.78 is 36.3. The van der Waals surface area contributed by atoms with Crippen LogP contribution in [0.4, 0.5) is 13.2 Å². The molecule has 1 aliphatic heterocycles. The number of rotatable bonds is 6. The smallest absolute Gasteiger partial charge is 0.370 e. The first-order valence-electron chi connectivity index (χ1n) is 5.08. The van der Waals surface area contributed by atoms with Gasteiger partial charge in [-0.25, -0.2) is 0 Å². The Morgan fingerprint density at radius 1 is 1.28 bits per heavy atom. The SMILES string of the molecule is O=CNC1=CN(CCC(F)(F)F)CC(NC=O)=C1. The molecule has 0 bridgehead atoms. The first-order valence-corrected chi connectivity index (χ1v) is 5.08. The summed E-state index contributed by atoms with van der Waals surface area (Å²) in [7, 11) is 0. The molecular weight excluding hydrogens is 251 g/mol. The Morgan fingerprint density at radius 2 is 1.94 bits per heavy atom. The molecule has 5 nitrogen and oxygen atoms in total. The van der Waals surface area contributed by atoms with E-state index in [0.29, 0.717) is 24.2 Å². The second-order valence-corrected chi connectivity index (χ2v) is 3.61. The minimum absolute atomic E-state index is 0.152. The summed E-state index contributed by atoms with van der Waals surface area (Å²) in [5.74, 6) is 0. The summed E-state index contributed by atoms with van der Waals surface area (Å²) in [6, 6.07) is 0. The number of amides is 2. The highest BCUT2D eigenvalue weighted by Crippen LogP contribution is 2.21. The number of carbonyl (C=O) groups excluding carboxylic acids is 2. The molecular formula is C10H12F3N3O2. The van der Waals surface area contributed by atoms with Crippen molar-refractivity contribution >= 4 is 12.8 Å². The van der Waals surface area contributed by atoms with E-state index in [1.807, 2.05) is 0 Å². The molecule has 2 N–H and O–H groups in total. The van der Waals surface area contributed by atoms with Crippen LogP contribution >= 0.6 is 0 Å². The van der Waals surface area contributed by atoms with Gasteiger partial charge < -0.3 is 15.5 Å². The molecule has 0 saturated carbocycles. The van der Waals surface area contributed by atoms with E-state index in [0.717, 1.165) is 0 Å². The van der Waals surface area contributed by atoms with Crippen molar-refractivity contribution in [2.75, 3.05) is 13.1 Å². The highest BCUT2D eigenvalue weighted by atomic mass is 19.4. The molecule has 1 heterocycles. The van der Waals surface area contributed by atoms with Crippen molar-refractivity contribution in [3.05, 3.63) is 23.7 Å². The van der Waals surface area contributed by atoms with Crippen LogP contribution in [-0.2, 0) is 9.59 Å². The molecule has 2 amide bonds. The minimum atomic E-state index is -4.24. The van der Waals surface area contributed by atoms with Crippen LogP contribution < -0.4 is 10.6 Å². The van der Waals surface area contributed by atoms with Gasteiger partial charge in [-0.1, -0.05) is 0 Å². The van der Waals surface area contributed by atoms with E-state index in [4.69, 9.17) is 0 Å². The standard InChI is InChI=1S/C10H12F3N3O2/c11-10(12,13)1-2-16-4-8(14-6-17)3-9(5-16)15-7-18/h3-4,6-7H,1-2,5H2,(H,14,17)(H,15,18). The van der Waals surface area contributed by atoms with E-state index in [1.165, 1.54) is 17.2 Å². The van der Waals surface area contributed by atoms with E-state index in [9.17, 15) is 22.8 Å². The molecule has 0 aromatic rings. The average Bonchev–Trinajstić information content (AvgIpc) is 2.26. The van der Waals surface area contributed by atoms with Crippen LogP contribution in [0.15, 0.2) is 23.7 Å². The van der Waals surface area contributed by atoms with Gasteiger partial charge in [0.15, 0.2) is 0 Å². The number of hydrogen-bond acceptors (Lipinski definition) is 3. The maximum atomic E-state index is 12.1. The zero-order chi connectivity index (χ0) is 13.6. The van der Waals surface area contributed by atoms with Gasteiger partial charge in [-0.3, -0.25) is 9.59 Å². The number of allylic oxidation sites excluding steroid dienone is 1. The molecule has 1 rings (SSSR count). The Hall–Kier alpha value is -1.99. The van der Waals surface area contributed by atoms with Crippen molar-refractivity contribution in [3.63, 3.8) is 0 Å². The minimum Gasteiger partial charge on any atom is -0.370 e. The van der Waals surface area contributed by atoms with Crippen molar-refractivity contribution in [1.82, 2.24) is 15.5 Å². The summed E-state index contributed by atoms with van der Waals surface area (Å²) in [5.41, 5.74) is 0.738. The predicted molar refractivity (Wildman–Crippen MR) is 56.8 cm³/mol. The molecule has 0 fully saturated rings. The van der Waals surface area contributed by atoms with E-state index in [2.05, 4.69) is 10.6 Å². The summed E-state index contributed by atoms with van der Waals surface area (Å²) in [6.07, 6.45) is -1.49. The molecule has 0 aromatic heterocycles. The monoisotopic (exact) mass is 263 g/mol. The molecule has 0 aromatic carbocycles. The summed E-state index contributed by atoms with van der Waals surface area (Å²) in [4.78, 5) is 22.0. The highest BCUT2D eigenvalue weighted by Gasteiger charge is 2.28. The predicted octanol–water partition coefficient (Wildman–Crippen LogP) is 0.472. The van der Waals surface area contributed by atoms with Crippen molar-refractivity contribution < 1.29 is 22.8 Å². The van der Waals surface area contributed by atoms with Crippen molar-refractivity contribution in [2.24, 2.45) is 0 Å². The Kier molecular flexibility index (Phi) is 4.75. The van der Waals surface area contributed by atoms with Gasteiger partial charge in [0, 0.05) is 18.4 Å². The van der Waals surface area contributed by atoms with Crippen LogP contribution in [0.5, 0.6) is 0 Å². The second-order valence-electron chi connectivity index (χ2n) is 3.61. The van der Waals surface area contributed by atoms with E-state index >= 15 is 0 Å². The van der Waals surface area contributed by atoms with Gasteiger partial charge in [-0.15, -0.1) is 0 Å². The lowest BCUT2D eigenvalue weighted by Crippen LogP contribution is -2.33. The maximum Gasteiger partial charge on any atom is 0.390 e. The van der Waals surface area contributed by atoms with Crippen LogP contribution in [0.3, 0.4) is 0 Å². The first-order chi connectivity index (χ1) is 8.44. The second kappa shape index (κ2) is 6.08. The van der Waals surface area contributed by atoms with Crippen molar-refractivity contribution in [2.45, 2.75) is 12.6 Å². The van der Waals surface area contributed by atoms with Gasteiger partial charge in [0.05, 0.1) is 18.7 Å². The number of hydrogen-bond donors (Lipinski definition) is 2. The number of halogens is 3. The first kappa shape index (κ1) is 14.1. The normalized spacial score (nSPS) is 15.6. The Bertz CT molecular complexity index is 377. The molecule has 0 radical (unpaired) electrons. The molecule has 0 saturated heterocycles. The maximum absolute atomic E-state index is 12.1. The van der Waals surface area contributed by atoms with Crippen LogP contribution in [0.2, 0.25) is 0 Å². The third kappa shape index (κ3) is 4.89.